The Morgan fingerprint density at radius 3 is 2.16 bits per heavy atom. The number of rotatable bonds is 12. The number of benzene rings is 4. The van der Waals surface area contributed by atoms with Crippen molar-refractivity contribution in [3.8, 4) is 0 Å². The van der Waals surface area contributed by atoms with Crippen LogP contribution in [0.25, 0.3) is 0 Å². The second-order valence-electron chi connectivity index (χ2n) is 10.6. The zero-order valence-corrected chi connectivity index (χ0v) is 28.6. The third-order valence-electron chi connectivity index (χ3n) is 6.93. The summed E-state index contributed by atoms with van der Waals surface area (Å²) in [6, 6.07) is 24.6. The highest BCUT2D eigenvalue weighted by Gasteiger charge is 2.24. The Kier molecular flexibility index (Phi) is 15.4. The lowest BCUT2D eigenvalue weighted by molar-refractivity contribution is 0.0785. The number of hydrogen-bond donors (Lipinski definition) is 3. The molecule has 0 aliphatic carbocycles. The summed E-state index contributed by atoms with van der Waals surface area (Å²) >= 11 is 2.22. The molecule has 6 nitrogen and oxygen atoms in total. The normalized spacial score (nSPS) is 11.9. The molecule has 4 aromatic carbocycles. The highest BCUT2D eigenvalue weighted by molar-refractivity contribution is 14.1. The third-order valence-corrected chi connectivity index (χ3v) is 7.60. The fourth-order valence-corrected chi connectivity index (χ4v) is 5.47. The van der Waals surface area contributed by atoms with E-state index in [1.54, 1.807) is 31.0 Å². The van der Waals surface area contributed by atoms with Gasteiger partial charge in [0, 0.05) is 47.4 Å². The maximum absolute atomic E-state index is 14.0. The van der Waals surface area contributed by atoms with Crippen LogP contribution in [0.4, 0.5) is 8.78 Å². The van der Waals surface area contributed by atoms with Crippen LogP contribution in [0.5, 0.6) is 0 Å². The summed E-state index contributed by atoms with van der Waals surface area (Å²) in [6.07, 6.45) is -1.09. The molecular weight excluding hydrogens is 734 g/mol. The third kappa shape index (κ3) is 11.7. The zero-order chi connectivity index (χ0) is 30.9. The van der Waals surface area contributed by atoms with E-state index in [0.717, 1.165) is 20.8 Å². The maximum Gasteiger partial charge on any atom is 0.253 e. The summed E-state index contributed by atoms with van der Waals surface area (Å²) in [5.41, 5.74) is 3.61. The SMILES string of the molecule is Cc1cc(C(=O)N[C@@H](Cc2cc(F)cc(F)c2)[C@H](O)CNCc2cccc(I)c2)cc(C(=O)N(C)Cc2ccccc2)c1.Cl.Cl. The lowest BCUT2D eigenvalue weighted by atomic mass is 9.99. The molecule has 0 bridgehead atoms. The monoisotopic (exact) mass is 769 g/mol. The van der Waals surface area contributed by atoms with Crippen LogP contribution in [0.3, 0.4) is 0 Å². The lowest BCUT2D eigenvalue weighted by Crippen LogP contribution is -2.48. The molecule has 0 radical (unpaired) electrons. The Bertz CT molecular complexity index is 1560. The first kappa shape index (κ1) is 38.1. The minimum absolute atomic E-state index is 0. The largest absolute Gasteiger partial charge is 0.390 e. The summed E-state index contributed by atoms with van der Waals surface area (Å²) in [7, 11) is 1.70. The van der Waals surface area contributed by atoms with Gasteiger partial charge in [-0.1, -0.05) is 42.5 Å². The molecule has 0 saturated carbocycles. The van der Waals surface area contributed by atoms with Gasteiger partial charge in [-0.3, -0.25) is 9.59 Å². The highest BCUT2D eigenvalue weighted by Crippen LogP contribution is 2.16. The maximum atomic E-state index is 14.0. The highest BCUT2D eigenvalue weighted by atomic mass is 127. The molecule has 0 aliphatic heterocycles. The van der Waals surface area contributed by atoms with Crippen LogP contribution in [0.2, 0.25) is 0 Å². The van der Waals surface area contributed by atoms with E-state index >= 15 is 0 Å². The van der Waals surface area contributed by atoms with Gasteiger partial charge in [-0.15, -0.1) is 24.8 Å². The molecule has 0 aromatic heterocycles. The Morgan fingerprint density at radius 2 is 1.49 bits per heavy atom. The van der Waals surface area contributed by atoms with E-state index in [2.05, 4.69) is 33.2 Å². The number of nitrogens with one attached hydrogen (secondary N) is 2. The van der Waals surface area contributed by atoms with E-state index < -0.39 is 29.7 Å². The fourth-order valence-electron chi connectivity index (χ4n) is 4.86. The van der Waals surface area contributed by atoms with Gasteiger partial charge < -0.3 is 20.6 Å². The summed E-state index contributed by atoms with van der Waals surface area (Å²) < 4.78 is 29.0. The van der Waals surface area contributed by atoms with Gasteiger partial charge in [0.25, 0.3) is 11.8 Å². The molecule has 0 saturated heterocycles. The van der Waals surface area contributed by atoms with E-state index in [1.165, 1.54) is 18.2 Å². The van der Waals surface area contributed by atoms with Crippen molar-refractivity contribution in [1.82, 2.24) is 15.5 Å². The number of carbonyl (C=O) groups excluding carboxylic acids is 2. The van der Waals surface area contributed by atoms with Crippen molar-refractivity contribution in [2.75, 3.05) is 13.6 Å². The molecule has 2 amide bonds. The molecule has 0 spiro atoms. The first-order valence-electron chi connectivity index (χ1n) is 13.9. The summed E-state index contributed by atoms with van der Waals surface area (Å²) in [6.45, 7) is 2.81. The Hall–Kier alpha value is -3.09. The van der Waals surface area contributed by atoms with Crippen molar-refractivity contribution in [3.63, 3.8) is 0 Å². The molecule has 2 atom stereocenters. The van der Waals surface area contributed by atoms with Crippen molar-refractivity contribution >= 4 is 59.2 Å². The predicted octanol–water partition coefficient (Wildman–Crippen LogP) is 6.49. The van der Waals surface area contributed by atoms with Crippen molar-refractivity contribution in [1.29, 1.82) is 0 Å². The number of halogens is 5. The van der Waals surface area contributed by atoms with Gasteiger partial charge in [-0.05, 0) is 101 Å². The minimum atomic E-state index is -1.08. The van der Waals surface area contributed by atoms with E-state index in [-0.39, 0.29) is 49.3 Å². The van der Waals surface area contributed by atoms with Gasteiger partial charge in [0.05, 0.1) is 12.1 Å². The van der Waals surface area contributed by atoms with E-state index in [1.807, 2.05) is 54.6 Å². The van der Waals surface area contributed by atoms with Gasteiger partial charge >= 0.3 is 0 Å². The number of carbonyl (C=O) groups is 2. The Labute approximate surface area is 288 Å². The van der Waals surface area contributed by atoms with Gasteiger partial charge in [-0.25, -0.2) is 8.78 Å². The van der Waals surface area contributed by atoms with E-state index in [9.17, 15) is 23.5 Å². The van der Waals surface area contributed by atoms with E-state index in [4.69, 9.17) is 0 Å². The predicted molar refractivity (Wildman–Crippen MR) is 186 cm³/mol. The smallest absolute Gasteiger partial charge is 0.253 e. The van der Waals surface area contributed by atoms with Crippen molar-refractivity contribution in [2.24, 2.45) is 0 Å². The molecule has 4 aromatic rings. The number of amides is 2. The number of nitrogens with zero attached hydrogens (tertiary/aromatic N) is 1. The zero-order valence-electron chi connectivity index (χ0n) is 24.8. The summed E-state index contributed by atoms with van der Waals surface area (Å²) in [5, 5.41) is 17.2. The van der Waals surface area contributed by atoms with Crippen LogP contribution < -0.4 is 10.6 Å². The van der Waals surface area contributed by atoms with Gasteiger partial charge in [0.2, 0.25) is 0 Å². The summed E-state index contributed by atoms with van der Waals surface area (Å²) in [4.78, 5) is 28.3. The lowest BCUT2D eigenvalue weighted by Gasteiger charge is -2.25. The molecule has 11 heteroatoms. The molecule has 0 aliphatic rings. The number of hydrogen-bond acceptors (Lipinski definition) is 4. The standard InChI is InChI=1S/C34H34F2IN3O3.2ClH/c1-22-11-26(17-27(12-22)34(43)40(2)21-23-7-4-3-5-8-23)33(42)39-31(16-25-13-28(35)18-29(36)14-25)32(41)20-38-19-24-9-6-10-30(37)15-24;;/h3-15,17-18,31-32,38,41H,16,19-21H2,1-2H3,(H,39,42);2*1H/t31-,32+;;/m0../s1. The quantitative estimate of drug-likeness (QED) is 0.144. The summed E-state index contributed by atoms with van der Waals surface area (Å²) in [5.74, 6) is -2.24. The minimum Gasteiger partial charge on any atom is -0.390 e. The van der Waals surface area contributed by atoms with Crippen LogP contribution >= 0.6 is 47.4 Å². The van der Waals surface area contributed by atoms with Crippen molar-refractivity contribution in [3.05, 3.63) is 140 Å². The number of aliphatic hydroxyl groups is 1. The molecule has 3 N–H and O–H groups in total. The topological polar surface area (TPSA) is 81.7 Å². The molecule has 0 unspecified atom stereocenters. The molecule has 0 heterocycles. The van der Waals surface area contributed by atoms with Gasteiger partial charge in [0.15, 0.2) is 0 Å². The average molecular weight is 770 g/mol. The first-order valence-corrected chi connectivity index (χ1v) is 15.0. The van der Waals surface area contributed by atoms with Crippen LogP contribution in [-0.2, 0) is 19.5 Å². The number of aliphatic hydroxyl groups excluding tert-OH is 1. The van der Waals surface area contributed by atoms with Crippen LogP contribution in [0.1, 0.15) is 43.0 Å². The van der Waals surface area contributed by atoms with Gasteiger partial charge in [-0.2, -0.15) is 0 Å². The van der Waals surface area contributed by atoms with Crippen LogP contribution in [0, 0.1) is 22.1 Å². The second kappa shape index (κ2) is 18.2. The second-order valence-corrected chi connectivity index (χ2v) is 11.9. The molecule has 240 valence electrons. The molecule has 45 heavy (non-hydrogen) atoms. The first-order chi connectivity index (χ1) is 20.6. The van der Waals surface area contributed by atoms with Crippen LogP contribution in [-0.4, -0.2) is 47.6 Å². The van der Waals surface area contributed by atoms with Crippen LogP contribution in [0.15, 0.2) is 91.0 Å². The molecular formula is C34H36Cl2F2IN3O3. The van der Waals surface area contributed by atoms with E-state index in [0.29, 0.717) is 29.8 Å². The Balaban J connectivity index is 0.00000353. The van der Waals surface area contributed by atoms with Crippen molar-refractivity contribution in [2.45, 2.75) is 38.6 Å². The fraction of sp³-hybridized carbons (Fsp3) is 0.235. The Morgan fingerprint density at radius 1 is 0.844 bits per heavy atom. The number of aryl methyl sites for hydroxylation is 1. The average Bonchev–Trinajstić information content (AvgIpc) is 2.96. The van der Waals surface area contributed by atoms with Crippen molar-refractivity contribution < 1.29 is 23.5 Å². The van der Waals surface area contributed by atoms with Gasteiger partial charge in [0.1, 0.15) is 11.6 Å². The molecule has 0 fully saturated rings. The molecule has 4 rings (SSSR count).